The first kappa shape index (κ1) is 34.1. The number of carbonyl (C=O) groups is 4. The molecule has 3 N–H and O–H groups in total. The van der Waals surface area contributed by atoms with Crippen LogP contribution in [0.15, 0.2) is 89.9 Å². The second-order valence-corrected chi connectivity index (χ2v) is 11.9. The zero-order valence-corrected chi connectivity index (χ0v) is 27.5. The zero-order chi connectivity index (χ0) is 34.3. The van der Waals surface area contributed by atoms with E-state index >= 15 is 0 Å². The van der Waals surface area contributed by atoms with Crippen molar-refractivity contribution in [2.75, 3.05) is 17.7 Å². The van der Waals surface area contributed by atoms with Crippen LogP contribution in [0.3, 0.4) is 0 Å². The van der Waals surface area contributed by atoms with Crippen molar-refractivity contribution in [3.05, 3.63) is 124 Å². The number of hydrogen-bond donors (Lipinski definition) is 3. The molecule has 242 valence electrons. The molecule has 0 saturated heterocycles. The van der Waals surface area contributed by atoms with E-state index in [4.69, 9.17) is 9.47 Å². The van der Waals surface area contributed by atoms with Gasteiger partial charge in [0.2, 0.25) is 5.96 Å². The van der Waals surface area contributed by atoms with Crippen LogP contribution < -0.4 is 20.7 Å². The molecule has 0 bridgehead atoms. The molecule has 0 saturated carbocycles. The van der Waals surface area contributed by atoms with Gasteiger partial charge in [0.15, 0.2) is 5.78 Å². The van der Waals surface area contributed by atoms with E-state index in [-0.39, 0.29) is 17.6 Å². The van der Waals surface area contributed by atoms with E-state index in [1.165, 1.54) is 7.11 Å². The molecule has 0 spiro atoms. The molecule has 3 amide bonds. The number of amides is 3. The van der Waals surface area contributed by atoms with Crippen molar-refractivity contribution in [2.45, 2.75) is 47.1 Å². The van der Waals surface area contributed by atoms with Gasteiger partial charge in [0.05, 0.1) is 7.11 Å². The smallest absolute Gasteiger partial charge is 0.437 e. The number of methoxy groups -OCH3 is 1. The second kappa shape index (κ2) is 14.6. The monoisotopic (exact) mass is 634 g/mol. The highest BCUT2D eigenvalue weighted by atomic mass is 16.6. The van der Waals surface area contributed by atoms with E-state index in [2.05, 4.69) is 20.9 Å². The van der Waals surface area contributed by atoms with E-state index in [0.29, 0.717) is 39.4 Å². The van der Waals surface area contributed by atoms with Crippen LogP contribution in [0.2, 0.25) is 0 Å². The molecule has 0 aromatic heterocycles. The van der Waals surface area contributed by atoms with Crippen molar-refractivity contribution in [1.29, 1.82) is 0 Å². The number of rotatable bonds is 7. The van der Waals surface area contributed by atoms with E-state index in [9.17, 15) is 19.2 Å². The summed E-state index contributed by atoms with van der Waals surface area (Å²) in [4.78, 5) is 55.8. The van der Waals surface area contributed by atoms with Gasteiger partial charge in [-0.2, -0.15) is 0 Å². The molecule has 47 heavy (non-hydrogen) atoms. The summed E-state index contributed by atoms with van der Waals surface area (Å²) in [6.07, 6.45) is -0.909. The van der Waals surface area contributed by atoms with Gasteiger partial charge >= 0.3 is 6.09 Å². The summed E-state index contributed by atoms with van der Waals surface area (Å²) in [5.41, 5.74) is 4.29. The molecular formula is C37H38N4O6. The minimum atomic E-state index is -0.909. The van der Waals surface area contributed by atoms with Crippen molar-refractivity contribution in [3.8, 4) is 5.75 Å². The number of aryl methyl sites for hydroxylation is 2. The zero-order valence-electron chi connectivity index (χ0n) is 27.5. The third-order valence-electron chi connectivity index (χ3n) is 7.12. The van der Waals surface area contributed by atoms with E-state index < -0.39 is 17.6 Å². The Labute approximate surface area is 274 Å². The predicted molar refractivity (Wildman–Crippen MR) is 183 cm³/mol. The third-order valence-corrected chi connectivity index (χ3v) is 7.12. The maximum atomic E-state index is 13.3. The molecule has 0 atom stereocenters. The van der Waals surface area contributed by atoms with Gasteiger partial charge in [0.25, 0.3) is 11.8 Å². The number of guanidine groups is 1. The molecule has 4 aromatic rings. The molecule has 0 unspecified atom stereocenters. The van der Waals surface area contributed by atoms with Gasteiger partial charge in [0.1, 0.15) is 11.4 Å². The van der Waals surface area contributed by atoms with Crippen LogP contribution >= 0.6 is 0 Å². The largest absolute Gasteiger partial charge is 0.496 e. The van der Waals surface area contributed by atoms with Gasteiger partial charge in [-0.3, -0.25) is 19.7 Å². The molecule has 0 heterocycles. The molecule has 0 radical (unpaired) electrons. The Kier molecular flexibility index (Phi) is 10.6. The first-order valence-electron chi connectivity index (χ1n) is 14.9. The average Bonchev–Trinajstić information content (AvgIpc) is 3.03. The number of ketones is 1. The molecular weight excluding hydrogens is 596 g/mol. The summed E-state index contributed by atoms with van der Waals surface area (Å²) < 4.78 is 10.8. The van der Waals surface area contributed by atoms with Crippen molar-refractivity contribution in [3.63, 3.8) is 0 Å². The van der Waals surface area contributed by atoms with E-state index in [1.54, 1.807) is 99.6 Å². The number of ether oxygens (including phenoxy) is 2. The van der Waals surface area contributed by atoms with E-state index in [0.717, 1.165) is 16.7 Å². The lowest BCUT2D eigenvalue weighted by molar-refractivity contribution is 0.0603. The van der Waals surface area contributed by atoms with Gasteiger partial charge in [-0.15, -0.1) is 4.99 Å². The SMILES string of the molecule is COc1cc(C(=O)NC(=NC(=O)OC(C)(C)C)Nc2ccc(C)c(NC(=O)c3ccc(C(=O)c4ccccc4)cc3)c2)cc(C)c1C. The lowest BCUT2D eigenvalue weighted by atomic mass is 10.0. The fourth-order valence-corrected chi connectivity index (χ4v) is 4.51. The topological polar surface area (TPSA) is 135 Å². The Morgan fingerprint density at radius 1 is 0.681 bits per heavy atom. The van der Waals surface area contributed by atoms with Crippen LogP contribution in [0, 0.1) is 20.8 Å². The minimum Gasteiger partial charge on any atom is -0.496 e. The Bertz CT molecular complexity index is 1840. The van der Waals surface area contributed by atoms with Crippen LogP contribution in [-0.2, 0) is 4.74 Å². The highest BCUT2D eigenvalue weighted by molar-refractivity contribution is 6.13. The maximum Gasteiger partial charge on any atom is 0.437 e. The Morgan fingerprint density at radius 3 is 1.96 bits per heavy atom. The predicted octanol–water partition coefficient (Wildman–Crippen LogP) is 7.24. The first-order valence-corrected chi connectivity index (χ1v) is 14.9. The van der Waals surface area contributed by atoms with Crippen LogP contribution in [0.1, 0.15) is 74.1 Å². The van der Waals surface area contributed by atoms with Gasteiger partial charge in [-0.25, -0.2) is 4.79 Å². The van der Waals surface area contributed by atoms with Crippen LogP contribution in [0.25, 0.3) is 0 Å². The summed E-state index contributed by atoms with van der Waals surface area (Å²) in [5, 5.41) is 8.50. The highest BCUT2D eigenvalue weighted by Crippen LogP contribution is 2.24. The standard InChI is InChI=1S/C37H38N4O6/c1-22-13-18-29(21-30(22)39-33(43)27-16-14-26(15-17-27)32(42)25-11-9-8-10-12-25)38-35(41-36(45)47-37(4,5)6)40-34(44)28-19-23(2)24(3)31(20-28)46-7/h8-21H,1-7H3,(H,39,43)(H2,38,40,41,44,45). The van der Waals surface area contributed by atoms with Crippen molar-refractivity contribution >= 4 is 41.0 Å². The summed E-state index contributed by atoms with van der Waals surface area (Å²) in [7, 11) is 1.52. The number of benzene rings is 4. The first-order chi connectivity index (χ1) is 22.2. The van der Waals surface area contributed by atoms with Crippen molar-refractivity contribution < 1.29 is 28.7 Å². The summed E-state index contributed by atoms with van der Waals surface area (Å²) >= 11 is 0. The molecule has 0 fully saturated rings. The van der Waals surface area contributed by atoms with Gasteiger partial charge in [-0.05, 0) is 94.6 Å². The minimum absolute atomic E-state index is 0.139. The summed E-state index contributed by atoms with van der Waals surface area (Å²) in [6, 6.07) is 23.8. The number of carbonyl (C=O) groups excluding carboxylic acids is 4. The van der Waals surface area contributed by atoms with Crippen LogP contribution in [0.4, 0.5) is 16.2 Å². The van der Waals surface area contributed by atoms with Gasteiger partial charge in [-0.1, -0.05) is 48.5 Å². The Balaban J connectivity index is 1.55. The Morgan fingerprint density at radius 2 is 1.32 bits per heavy atom. The fourth-order valence-electron chi connectivity index (χ4n) is 4.51. The number of hydrogen-bond acceptors (Lipinski definition) is 6. The molecule has 4 rings (SSSR count). The Hall–Kier alpha value is -5.77. The lowest BCUT2D eigenvalue weighted by Crippen LogP contribution is -2.37. The van der Waals surface area contributed by atoms with Crippen molar-refractivity contribution in [1.82, 2.24) is 5.32 Å². The van der Waals surface area contributed by atoms with Crippen molar-refractivity contribution in [2.24, 2.45) is 4.99 Å². The second-order valence-electron chi connectivity index (χ2n) is 11.9. The number of aliphatic imine (C=N–C) groups is 1. The van der Waals surface area contributed by atoms with Gasteiger partial charge < -0.3 is 20.1 Å². The van der Waals surface area contributed by atoms with Crippen LogP contribution in [-0.4, -0.2) is 42.4 Å². The molecule has 10 nitrogen and oxygen atoms in total. The maximum absolute atomic E-state index is 13.3. The summed E-state index contributed by atoms with van der Waals surface area (Å²) in [5.74, 6) is -0.689. The normalized spacial score (nSPS) is 11.3. The molecule has 4 aromatic carbocycles. The molecule has 0 aliphatic rings. The number of anilines is 2. The molecule has 10 heteroatoms. The molecule has 0 aliphatic heterocycles. The third kappa shape index (κ3) is 9.13. The van der Waals surface area contributed by atoms with Crippen LogP contribution in [0.5, 0.6) is 5.75 Å². The quantitative estimate of drug-likeness (QED) is 0.111. The van der Waals surface area contributed by atoms with E-state index in [1.807, 2.05) is 26.8 Å². The lowest BCUT2D eigenvalue weighted by Gasteiger charge is -2.19. The highest BCUT2D eigenvalue weighted by Gasteiger charge is 2.19. The number of nitrogens with zero attached hydrogens (tertiary/aromatic N) is 1. The van der Waals surface area contributed by atoms with Gasteiger partial charge in [0, 0.05) is 33.6 Å². The molecule has 0 aliphatic carbocycles. The summed E-state index contributed by atoms with van der Waals surface area (Å²) in [6.45, 7) is 10.7. The average molecular weight is 635 g/mol. The fraction of sp³-hybridized carbons (Fsp3) is 0.216. The number of nitrogens with one attached hydrogen (secondary N) is 3.